The molecule has 0 radical (unpaired) electrons. The Hall–Kier alpha value is -3.80. The summed E-state index contributed by atoms with van der Waals surface area (Å²) in [5.41, 5.74) is 3.59. The van der Waals surface area contributed by atoms with E-state index in [1.54, 1.807) is 31.1 Å². The second-order valence-corrected chi connectivity index (χ2v) is 8.37. The van der Waals surface area contributed by atoms with Crippen molar-refractivity contribution in [3.05, 3.63) is 83.9 Å². The van der Waals surface area contributed by atoms with Gasteiger partial charge in [-0.15, -0.1) is 0 Å². The minimum absolute atomic E-state index is 0.0777. The second kappa shape index (κ2) is 10.00. The zero-order chi connectivity index (χ0) is 24.2. The number of rotatable bonds is 7. The van der Waals surface area contributed by atoms with Crippen molar-refractivity contribution in [2.75, 3.05) is 31.1 Å². The number of para-hydroxylation sites is 1. The average Bonchev–Trinajstić information content (AvgIpc) is 3.24. The van der Waals surface area contributed by atoms with Gasteiger partial charge in [0.1, 0.15) is 11.5 Å². The Kier molecular flexibility index (Phi) is 6.87. The summed E-state index contributed by atoms with van der Waals surface area (Å²) in [6.45, 7) is 2.07. The lowest BCUT2D eigenvalue weighted by atomic mass is 9.91. The maximum absolute atomic E-state index is 13.8. The monoisotopic (exact) mass is 458 g/mol. The number of hydrogen-bond donors (Lipinski definition) is 0. The van der Waals surface area contributed by atoms with E-state index in [9.17, 15) is 9.59 Å². The first-order valence-corrected chi connectivity index (χ1v) is 11.4. The molecule has 1 aliphatic heterocycles. The van der Waals surface area contributed by atoms with Gasteiger partial charge in [0.15, 0.2) is 0 Å². The van der Waals surface area contributed by atoms with Gasteiger partial charge in [-0.1, -0.05) is 37.3 Å². The standard InChI is InChI=1S/C28H30N2O4/c1-5-19-8-6-7-9-25(19)29(2)28(32)24-18-26(31)30(21-12-16-23(34-4)17-13-21)27(24)20-10-14-22(33-3)15-11-20/h6-17,24,27H,5,18H2,1-4H3. The molecule has 176 valence electrons. The topological polar surface area (TPSA) is 59.1 Å². The Morgan fingerprint density at radius 3 is 2.12 bits per heavy atom. The summed E-state index contributed by atoms with van der Waals surface area (Å²) < 4.78 is 10.6. The lowest BCUT2D eigenvalue weighted by molar-refractivity contribution is -0.124. The molecule has 2 amide bonds. The van der Waals surface area contributed by atoms with Gasteiger partial charge in [0, 0.05) is 24.8 Å². The predicted octanol–water partition coefficient (Wildman–Crippen LogP) is 5.02. The van der Waals surface area contributed by atoms with Crippen molar-refractivity contribution in [1.29, 1.82) is 0 Å². The molecule has 1 heterocycles. The van der Waals surface area contributed by atoms with Gasteiger partial charge in [0.2, 0.25) is 11.8 Å². The Balaban J connectivity index is 1.75. The predicted molar refractivity (Wildman–Crippen MR) is 134 cm³/mol. The number of aryl methyl sites for hydroxylation is 1. The third-order valence-corrected chi connectivity index (χ3v) is 6.51. The molecule has 1 fully saturated rings. The van der Waals surface area contributed by atoms with Crippen LogP contribution < -0.4 is 19.3 Å². The van der Waals surface area contributed by atoms with E-state index in [-0.39, 0.29) is 18.2 Å². The normalized spacial score (nSPS) is 17.5. The molecule has 1 saturated heterocycles. The van der Waals surface area contributed by atoms with Crippen LogP contribution in [0.15, 0.2) is 72.8 Å². The summed E-state index contributed by atoms with van der Waals surface area (Å²) in [7, 11) is 5.02. The SMILES string of the molecule is CCc1ccccc1N(C)C(=O)C1CC(=O)N(c2ccc(OC)cc2)C1c1ccc(OC)cc1. The molecule has 3 aromatic rings. The quantitative estimate of drug-likeness (QED) is 0.499. The first kappa shape index (κ1) is 23.4. The van der Waals surface area contributed by atoms with Gasteiger partial charge in [-0.3, -0.25) is 9.59 Å². The first-order chi connectivity index (χ1) is 16.5. The van der Waals surface area contributed by atoms with Crippen LogP contribution in [0.2, 0.25) is 0 Å². The zero-order valence-corrected chi connectivity index (χ0v) is 20.0. The molecule has 2 unspecified atom stereocenters. The highest BCUT2D eigenvalue weighted by Gasteiger charge is 2.46. The Morgan fingerprint density at radius 1 is 0.941 bits per heavy atom. The van der Waals surface area contributed by atoms with Gasteiger partial charge < -0.3 is 19.3 Å². The molecule has 0 bridgehead atoms. The van der Waals surface area contributed by atoms with E-state index in [1.165, 1.54) is 0 Å². The summed E-state index contributed by atoms with van der Waals surface area (Å²) in [5, 5.41) is 0. The fourth-order valence-corrected chi connectivity index (χ4v) is 4.69. The Bertz CT molecular complexity index is 1160. The van der Waals surface area contributed by atoms with E-state index in [0.717, 1.165) is 34.7 Å². The maximum Gasteiger partial charge on any atom is 0.232 e. The molecule has 0 N–H and O–H groups in total. The van der Waals surface area contributed by atoms with Gasteiger partial charge in [0.05, 0.1) is 26.2 Å². The van der Waals surface area contributed by atoms with Crippen molar-refractivity contribution in [3.63, 3.8) is 0 Å². The minimum atomic E-state index is -0.530. The molecular formula is C28H30N2O4. The van der Waals surface area contributed by atoms with Crippen LogP contribution in [-0.2, 0) is 16.0 Å². The number of hydrogen-bond acceptors (Lipinski definition) is 4. The van der Waals surface area contributed by atoms with E-state index >= 15 is 0 Å². The third kappa shape index (κ3) is 4.36. The Labute approximate surface area is 200 Å². The zero-order valence-electron chi connectivity index (χ0n) is 20.0. The summed E-state index contributed by atoms with van der Waals surface area (Å²) >= 11 is 0. The van der Waals surface area contributed by atoms with Gasteiger partial charge >= 0.3 is 0 Å². The molecule has 3 aromatic carbocycles. The number of ether oxygens (including phenoxy) is 2. The van der Waals surface area contributed by atoms with E-state index in [1.807, 2.05) is 72.8 Å². The van der Waals surface area contributed by atoms with Gasteiger partial charge in [0.25, 0.3) is 0 Å². The molecule has 34 heavy (non-hydrogen) atoms. The fraction of sp³-hybridized carbons (Fsp3) is 0.286. The summed E-state index contributed by atoms with van der Waals surface area (Å²) in [4.78, 5) is 30.6. The number of carbonyl (C=O) groups is 2. The largest absolute Gasteiger partial charge is 0.497 e. The van der Waals surface area contributed by atoms with Crippen molar-refractivity contribution in [2.24, 2.45) is 5.92 Å². The molecule has 2 atom stereocenters. The molecule has 0 aliphatic carbocycles. The van der Waals surface area contributed by atoms with Crippen molar-refractivity contribution in [2.45, 2.75) is 25.8 Å². The molecule has 6 heteroatoms. The molecule has 1 aliphatic rings. The lowest BCUT2D eigenvalue weighted by Gasteiger charge is -2.31. The summed E-state index contributed by atoms with van der Waals surface area (Å²) in [5.74, 6) is 0.742. The van der Waals surface area contributed by atoms with Crippen LogP contribution in [0.1, 0.15) is 30.5 Å². The van der Waals surface area contributed by atoms with E-state index in [2.05, 4.69) is 6.92 Å². The van der Waals surface area contributed by atoms with Crippen LogP contribution in [0, 0.1) is 5.92 Å². The highest BCUT2D eigenvalue weighted by molar-refractivity contribution is 6.05. The molecule has 6 nitrogen and oxygen atoms in total. The van der Waals surface area contributed by atoms with Gasteiger partial charge in [-0.05, 0) is 60.0 Å². The number of anilines is 2. The van der Waals surface area contributed by atoms with Gasteiger partial charge in [-0.25, -0.2) is 0 Å². The maximum atomic E-state index is 13.8. The van der Waals surface area contributed by atoms with Crippen molar-refractivity contribution < 1.29 is 19.1 Å². The van der Waals surface area contributed by atoms with Crippen molar-refractivity contribution in [3.8, 4) is 11.5 Å². The van der Waals surface area contributed by atoms with E-state index in [0.29, 0.717) is 5.75 Å². The number of benzene rings is 3. The number of amides is 2. The van der Waals surface area contributed by atoms with Crippen molar-refractivity contribution >= 4 is 23.2 Å². The van der Waals surface area contributed by atoms with Crippen LogP contribution >= 0.6 is 0 Å². The third-order valence-electron chi connectivity index (χ3n) is 6.51. The van der Waals surface area contributed by atoms with Crippen LogP contribution in [-0.4, -0.2) is 33.1 Å². The smallest absolute Gasteiger partial charge is 0.232 e. The molecular weight excluding hydrogens is 428 g/mol. The van der Waals surface area contributed by atoms with Gasteiger partial charge in [-0.2, -0.15) is 0 Å². The molecule has 0 spiro atoms. The van der Waals surface area contributed by atoms with Crippen LogP contribution in [0.4, 0.5) is 11.4 Å². The number of methoxy groups -OCH3 is 2. The second-order valence-electron chi connectivity index (χ2n) is 8.37. The van der Waals surface area contributed by atoms with Crippen LogP contribution in [0.25, 0.3) is 0 Å². The summed E-state index contributed by atoms with van der Waals surface area (Å²) in [6, 6.07) is 22.4. The molecule has 0 saturated carbocycles. The number of carbonyl (C=O) groups excluding carboxylic acids is 2. The van der Waals surface area contributed by atoms with Crippen LogP contribution in [0.5, 0.6) is 11.5 Å². The first-order valence-electron chi connectivity index (χ1n) is 11.4. The summed E-state index contributed by atoms with van der Waals surface area (Å²) in [6.07, 6.45) is 0.956. The fourth-order valence-electron chi connectivity index (χ4n) is 4.69. The van der Waals surface area contributed by atoms with Crippen molar-refractivity contribution in [1.82, 2.24) is 0 Å². The van der Waals surface area contributed by atoms with E-state index < -0.39 is 12.0 Å². The average molecular weight is 459 g/mol. The minimum Gasteiger partial charge on any atom is -0.497 e. The molecule has 4 rings (SSSR count). The number of nitrogens with zero attached hydrogens (tertiary/aromatic N) is 2. The van der Waals surface area contributed by atoms with E-state index in [4.69, 9.17) is 9.47 Å². The lowest BCUT2D eigenvalue weighted by Crippen LogP contribution is -2.37. The van der Waals surface area contributed by atoms with Crippen LogP contribution in [0.3, 0.4) is 0 Å². The Morgan fingerprint density at radius 2 is 1.53 bits per heavy atom. The highest BCUT2D eigenvalue weighted by Crippen LogP contribution is 2.43. The highest BCUT2D eigenvalue weighted by atomic mass is 16.5. The molecule has 0 aromatic heterocycles.